The molecule has 2 rings (SSSR count). The maximum atomic E-state index is 12.9. The number of hydrogen-bond acceptors (Lipinski definition) is 3. The highest BCUT2D eigenvalue weighted by atomic mass is 19.1. The summed E-state index contributed by atoms with van der Waals surface area (Å²) in [6.07, 6.45) is 1.88. The number of halogens is 1. The van der Waals surface area contributed by atoms with Crippen LogP contribution < -0.4 is 10.2 Å². The van der Waals surface area contributed by atoms with Crippen LogP contribution >= 0.6 is 0 Å². The predicted molar refractivity (Wildman–Crippen MR) is 85.2 cm³/mol. The molecule has 1 aromatic heterocycles. The van der Waals surface area contributed by atoms with Gasteiger partial charge in [-0.2, -0.15) is 0 Å². The molecule has 0 bridgehead atoms. The van der Waals surface area contributed by atoms with E-state index in [1.165, 1.54) is 12.1 Å². The minimum atomic E-state index is -0.230. The summed E-state index contributed by atoms with van der Waals surface area (Å²) in [6, 6.07) is 10.4. The van der Waals surface area contributed by atoms with E-state index in [2.05, 4.69) is 30.2 Å². The molecule has 1 aromatic carbocycles. The Balaban J connectivity index is 1.99. The summed E-state index contributed by atoms with van der Waals surface area (Å²) in [7, 11) is 1.92. The molecular formula is C17H22FN3. The highest BCUT2D eigenvalue weighted by Crippen LogP contribution is 2.21. The van der Waals surface area contributed by atoms with Crippen molar-refractivity contribution in [2.24, 2.45) is 5.92 Å². The lowest BCUT2D eigenvalue weighted by Gasteiger charge is -2.18. The van der Waals surface area contributed by atoms with Crippen molar-refractivity contribution < 1.29 is 4.39 Å². The fraction of sp³-hybridized carbons (Fsp3) is 0.353. The first-order chi connectivity index (χ1) is 10.1. The molecule has 21 heavy (non-hydrogen) atoms. The molecule has 1 N–H and O–H groups in total. The summed E-state index contributed by atoms with van der Waals surface area (Å²) >= 11 is 0. The van der Waals surface area contributed by atoms with Gasteiger partial charge in [0, 0.05) is 25.5 Å². The maximum Gasteiger partial charge on any atom is 0.132 e. The van der Waals surface area contributed by atoms with Crippen LogP contribution in [0.25, 0.3) is 0 Å². The highest BCUT2D eigenvalue weighted by molar-refractivity contribution is 5.58. The molecule has 0 aliphatic rings. The van der Waals surface area contributed by atoms with Crippen LogP contribution in [0.3, 0.4) is 0 Å². The quantitative estimate of drug-likeness (QED) is 0.877. The van der Waals surface area contributed by atoms with Crippen LogP contribution in [0.2, 0.25) is 0 Å². The zero-order valence-corrected chi connectivity index (χ0v) is 12.8. The van der Waals surface area contributed by atoms with Crippen LogP contribution in [0, 0.1) is 11.7 Å². The van der Waals surface area contributed by atoms with Gasteiger partial charge in [-0.1, -0.05) is 19.9 Å². The lowest BCUT2D eigenvalue weighted by molar-refractivity contribution is 0.552. The number of nitrogens with one attached hydrogen (secondary N) is 1. The van der Waals surface area contributed by atoms with Crippen molar-refractivity contribution in [3.63, 3.8) is 0 Å². The molecule has 0 unspecified atom stereocenters. The van der Waals surface area contributed by atoms with E-state index in [1.807, 2.05) is 24.2 Å². The van der Waals surface area contributed by atoms with Crippen LogP contribution in [0.5, 0.6) is 0 Å². The third-order valence-electron chi connectivity index (χ3n) is 3.25. The van der Waals surface area contributed by atoms with Crippen molar-refractivity contribution in [2.75, 3.05) is 18.5 Å². The number of anilines is 2. The normalized spacial score (nSPS) is 10.9. The number of rotatable bonds is 6. The molecule has 0 saturated heterocycles. The average Bonchev–Trinajstić information content (AvgIpc) is 2.48. The van der Waals surface area contributed by atoms with E-state index in [1.54, 1.807) is 12.1 Å². The fourth-order valence-electron chi connectivity index (χ4n) is 2.02. The molecular weight excluding hydrogens is 265 g/mol. The van der Waals surface area contributed by atoms with Gasteiger partial charge in [0.15, 0.2) is 0 Å². The van der Waals surface area contributed by atoms with E-state index in [-0.39, 0.29) is 5.82 Å². The topological polar surface area (TPSA) is 28.2 Å². The zero-order valence-electron chi connectivity index (χ0n) is 12.8. The summed E-state index contributed by atoms with van der Waals surface area (Å²) in [5.74, 6) is 1.25. The second kappa shape index (κ2) is 7.18. The Labute approximate surface area is 125 Å². The van der Waals surface area contributed by atoms with Gasteiger partial charge in [0.25, 0.3) is 0 Å². The molecule has 1 heterocycles. The molecule has 0 aliphatic carbocycles. The summed E-state index contributed by atoms with van der Waals surface area (Å²) in [5, 5.41) is 3.39. The van der Waals surface area contributed by atoms with E-state index in [0.717, 1.165) is 30.2 Å². The SMILES string of the molecule is CC(C)CNCc1ccc(N(C)c2ccc(F)cc2)nc1. The van der Waals surface area contributed by atoms with Crippen LogP contribution in [0.1, 0.15) is 19.4 Å². The smallest absolute Gasteiger partial charge is 0.132 e. The van der Waals surface area contributed by atoms with Gasteiger partial charge in [0.05, 0.1) is 0 Å². The highest BCUT2D eigenvalue weighted by Gasteiger charge is 2.05. The van der Waals surface area contributed by atoms with Crippen LogP contribution in [-0.2, 0) is 6.54 Å². The molecule has 0 fully saturated rings. The third-order valence-corrected chi connectivity index (χ3v) is 3.25. The van der Waals surface area contributed by atoms with Crippen molar-refractivity contribution in [1.29, 1.82) is 0 Å². The number of benzene rings is 1. The number of hydrogen-bond donors (Lipinski definition) is 1. The van der Waals surface area contributed by atoms with Gasteiger partial charge in [-0.25, -0.2) is 9.37 Å². The Morgan fingerprint density at radius 2 is 1.86 bits per heavy atom. The first-order valence-electron chi connectivity index (χ1n) is 7.21. The summed E-state index contributed by atoms with van der Waals surface area (Å²) < 4.78 is 12.9. The van der Waals surface area contributed by atoms with Gasteiger partial charge in [0.2, 0.25) is 0 Å². The Morgan fingerprint density at radius 3 is 2.43 bits per heavy atom. The van der Waals surface area contributed by atoms with Crippen molar-refractivity contribution in [3.8, 4) is 0 Å². The van der Waals surface area contributed by atoms with Gasteiger partial charge >= 0.3 is 0 Å². The summed E-state index contributed by atoms with van der Waals surface area (Å²) in [6.45, 7) is 6.20. The number of pyridine rings is 1. The second-order valence-electron chi connectivity index (χ2n) is 5.58. The standard InChI is InChI=1S/C17H22FN3/c1-13(2)10-19-11-14-4-9-17(20-12-14)21(3)16-7-5-15(18)6-8-16/h4-9,12-13,19H,10-11H2,1-3H3. The third kappa shape index (κ3) is 4.53. The zero-order chi connectivity index (χ0) is 15.2. The maximum absolute atomic E-state index is 12.9. The molecule has 0 spiro atoms. The molecule has 0 radical (unpaired) electrons. The predicted octanol–water partition coefficient (Wildman–Crippen LogP) is 3.73. The van der Waals surface area contributed by atoms with Crippen LogP contribution in [0.4, 0.5) is 15.9 Å². The van der Waals surface area contributed by atoms with E-state index in [4.69, 9.17) is 0 Å². The van der Waals surface area contributed by atoms with E-state index in [9.17, 15) is 4.39 Å². The monoisotopic (exact) mass is 287 g/mol. The first kappa shape index (κ1) is 15.4. The largest absolute Gasteiger partial charge is 0.329 e. The Bertz CT molecular complexity index is 549. The van der Waals surface area contributed by atoms with E-state index in [0.29, 0.717) is 5.92 Å². The summed E-state index contributed by atoms with van der Waals surface area (Å²) in [4.78, 5) is 6.40. The summed E-state index contributed by atoms with van der Waals surface area (Å²) in [5.41, 5.74) is 2.07. The molecule has 2 aromatic rings. The lowest BCUT2D eigenvalue weighted by atomic mass is 10.2. The number of nitrogens with zero attached hydrogens (tertiary/aromatic N) is 2. The van der Waals surface area contributed by atoms with Crippen molar-refractivity contribution in [3.05, 3.63) is 54.0 Å². The second-order valence-corrected chi connectivity index (χ2v) is 5.58. The molecule has 0 aliphatic heterocycles. The molecule has 0 atom stereocenters. The minimum Gasteiger partial charge on any atom is -0.329 e. The average molecular weight is 287 g/mol. The van der Waals surface area contributed by atoms with Gasteiger partial charge < -0.3 is 10.2 Å². The Morgan fingerprint density at radius 1 is 1.14 bits per heavy atom. The van der Waals surface area contributed by atoms with E-state index < -0.39 is 0 Å². The van der Waals surface area contributed by atoms with Crippen molar-refractivity contribution in [1.82, 2.24) is 10.3 Å². The van der Waals surface area contributed by atoms with Gasteiger partial charge in [0.1, 0.15) is 11.6 Å². The Kier molecular flexibility index (Phi) is 5.28. The molecule has 0 saturated carbocycles. The van der Waals surface area contributed by atoms with Gasteiger partial charge in [-0.05, 0) is 48.4 Å². The molecule has 4 heteroatoms. The van der Waals surface area contributed by atoms with Crippen LogP contribution in [0.15, 0.2) is 42.6 Å². The van der Waals surface area contributed by atoms with Crippen molar-refractivity contribution in [2.45, 2.75) is 20.4 Å². The van der Waals surface area contributed by atoms with Gasteiger partial charge in [-0.3, -0.25) is 0 Å². The van der Waals surface area contributed by atoms with Crippen molar-refractivity contribution >= 4 is 11.5 Å². The fourth-order valence-corrected chi connectivity index (χ4v) is 2.02. The number of aromatic nitrogens is 1. The van der Waals surface area contributed by atoms with E-state index >= 15 is 0 Å². The Hall–Kier alpha value is -1.94. The first-order valence-corrected chi connectivity index (χ1v) is 7.21. The minimum absolute atomic E-state index is 0.230. The van der Waals surface area contributed by atoms with Gasteiger partial charge in [-0.15, -0.1) is 0 Å². The molecule has 0 amide bonds. The molecule has 3 nitrogen and oxygen atoms in total. The van der Waals surface area contributed by atoms with Crippen LogP contribution in [-0.4, -0.2) is 18.6 Å². The molecule has 112 valence electrons. The lowest BCUT2D eigenvalue weighted by Crippen LogP contribution is -2.19.